The zero-order valence-electron chi connectivity index (χ0n) is 12.5. The van der Waals surface area contributed by atoms with Gasteiger partial charge in [-0.1, -0.05) is 37.3 Å². The highest BCUT2D eigenvalue weighted by Gasteiger charge is 2.06. The summed E-state index contributed by atoms with van der Waals surface area (Å²) in [4.78, 5) is 12.7. The van der Waals surface area contributed by atoms with Crippen molar-refractivity contribution in [1.82, 2.24) is 15.0 Å². The quantitative estimate of drug-likeness (QED) is 0.776. The molecule has 6 heteroatoms. The zero-order valence-corrected chi connectivity index (χ0v) is 12.5. The minimum atomic E-state index is 0.346. The van der Waals surface area contributed by atoms with Gasteiger partial charge in [-0.05, 0) is 18.4 Å². The molecule has 0 saturated heterocycles. The van der Waals surface area contributed by atoms with E-state index in [0.717, 1.165) is 19.4 Å². The summed E-state index contributed by atoms with van der Waals surface area (Å²) in [6.45, 7) is 3.39. The molecule has 0 aliphatic carbocycles. The van der Waals surface area contributed by atoms with Crippen molar-refractivity contribution in [3.8, 4) is 6.01 Å². The fourth-order valence-electron chi connectivity index (χ4n) is 1.77. The molecule has 0 unspecified atom stereocenters. The molecule has 6 nitrogen and oxygen atoms in total. The monoisotopic (exact) mass is 287 g/mol. The number of anilines is 2. The number of ether oxygens (including phenoxy) is 1. The molecule has 0 radical (unpaired) electrons. The Hall–Kier alpha value is -2.37. The molecule has 2 N–H and O–H groups in total. The van der Waals surface area contributed by atoms with Crippen molar-refractivity contribution in [3.63, 3.8) is 0 Å². The number of benzene rings is 1. The summed E-state index contributed by atoms with van der Waals surface area (Å²) in [5.41, 5.74) is 1.27. The molecular formula is C15H21N5O. The molecule has 0 aliphatic heterocycles. The van der Waals surface area contributed by atoms with Crippen LogP contribution in [0.25, 0.3) is 0 Å². The predicted molar refractivity (Wildman–Crippen MR) is 83.8 cm³/mol. The average molecular weight is 287 g/mol. The maximum Gasteiger partial charge on any atom is 0.323 e. The summed E-state index contributed by atoms with van der Waals surface area (Å²) in [6, 6.07) is 10.6. The van der Waals surface area contributed by atoms with Crippen LogP contribution >= 0.6 is 0 Å². The molecule has 0 aliphatic rings. The molecule has 2 rings (SSSR count). The number of aromatic nitrogens is 3. The summed E-state index contributed by atoms with van der Waals surface area (Å²) in [6.07, 6.45) is 1.82. The van der Waals surface area contributed by atoms with Crippen molar-refractivity contribution in [2.75, 3.05) is 30.8 Å². The standard InChI is InChI=1S/C15H21N5O/c1-3-11-21-15-19-13(16-2)18-14(20-15)17-10-9-12-7-5-4-6-8-12/h4-8H,3,9-11H2,1-2H3,(H2,16,17,18,19,20). The molecule has 2 aromatic rings. The van der Waals surface area contributed by atoms with Gasteiger partial charge in [-0.3, -0.25) is 0 Å². The van der Waals surface area contributed by atoms with E-state index < -0.39 is 0 Å². The number of nitrogens with one attached hydrogen (secondary N) is 2. The van der Waals surface area contributed by atoms with Crippen molar-refractivity contribution in [3.05, 3.63) is 35.9 Å². The van der Waals surface area contributed by atoms with E-state index in [2.05, 4.69) is 37.7 Å². The van der Waals surface area contributed by atoms with Gasteiger partial charge in [-0.15, -0.1) is 0 Å². The minimum absolute atomic E-state index is 0.346. The first-order chi connectivity index (χ1) is 10.3. The van der Waals surface area contributed by atoms with Crippen LogP contribution in [-0.2, 0) is 6.42 Å². The largest absolute Gasteiger partial charge is 0.463 e. The lowest BCUT2D eigenvalue weighted by Gasteiger charge is -2.09. The fraction of sp³-hybridized carbons (Fsp3) is 0.400. The molecule has 112 valence electrons. The van der Waals surface area contributed by atoms with Gasteiger partial charge in [-0.25, -0.2) is 0 Å². The van der Waals surface area contributed by atoms with E-state index in [0.29, 0.717) is 24.5 Å². The summed E-state index contributed by atoms with van der Waals surface area (Å²) in [5, 5.41) is 6.11. The second-order valence-electron chi connectivity index (χ2n) is 4.53. The SMILES string of the molecule is CCCOc1nc(NC)nc(NCCc2ccccc2)n1. The average Bonchev–Trinajstić information content (AvgIpc) is 2.53. The molecule has 0 saturated carbocycles. The second kappa shape index (κ2) is 8.04. The Morgan fingerprint density at radius 2 is 1.81 bits per heavy atom. The zero-order chi connectivity index (χ0) is 14.9. The lowest BCUT2D eigenvalue weighted by molar-refractivity contribution is 0.292. The Morgan fingerprint density at radius 1 is 1.05 bits per heavy atom. The van der Waals surface area contributed by atoms with Gasteiger partial charge in [0.15, 0.2) is 0 Å². The smallest absolute Gasteiger partial charge is 0.323 e. The highest BCUT2D eigenvalue weighted by Crippen LogP contribution is 2.11. The van der Waals surface area contributed by atoms with Crippen molar-refractivity contribution in [2.45, 2.75) is 19.8 Å². The lowest BCUT2D eigenvalue weighted by Crippen LogP contribution is -2.11. The molecule has 0 bridgehead atoms. The second-order valence-corrected chi connectivity index (χ2v) is 4.53. The summed E-state index contributed by atoms with van der Waals surface area (Å²) in [7, 11) is 1.77. The van der Waals surface area contributed by atoms with Crippen LogP contribution in [0.5, 0.6) is 6.01 Å². The van der Waals surface area contributed by atoms with E-state index in [9.17, 15) is 0 Å². The topological polar surface area (TPSA) is 72.0 Å². The number of hydrogen-bond donors (Lipinski definition) is 2. The van der Waals surface area contributed by atoms with Gasteiger partial charge in [0.1, 0.15) is 0 Å². The Kier molecular flexibility index (Phi) is 5.75. The van der Waals surface area contributed by atoms with Gasteiger partial charge in [0.05, 0.1) is 6.61 Å². The van der Waals surface area contributed by atoms with Crippen LogP contribution in [0.1, 0.15) is 18.9 Å². The highest BCUT2D eigenvalue weighted by molar-refractivity contribution is 5.35. The third-order valence-corrected chi connectivity index (χ3v) is 2.81. The molecule has 1 aromatic carbocycles. The Labute approximate surface area is 125 Å². The summed E-state index contributed by atoms with van der Waals surface area (Å²) in [5.74, 6) is 1.02. The van der Waals surface area contributed by atoms with Gasteiger partial charge >= 0.3 is 6.01 Å². The molecule has 0 amide bonds. The first-order valence-corrected chi connectivity index (χ1v) is 7.16. The fourth-order valence-corrected chi connectivity index (χ4v) is 1.77. The third kappa shape index (κ3) is 4.91. The van der Waals surface area contributed by atoms with E-state index in [1.54, 1.807) is 7.05 Å². The summed E-state index contributed by atoms with van der Waals surface area (Å²) >= 11 is 0. The highest BCUT2D eigenvalue weighted by atomic mass is 16.5. The van der Waals surface area contributed by atoms with Crippen LogP contribution < -0.4 is 15.4 Å². The van der Waals surface area contributed by atoms with Gasteiger partial charge in [0.2, 0.25) is 11.9 Å². The van der Waals surface area contributed by atoms with E-state index in [-0.39, 0.29) is 0 Å². The molecular weight excluding hydrogens is 266 g/mol. The predicted octanol–water partition coefficient (Wildman–Crippen LogP) is 2.36. The molecule has 21 heavy (non-hydrogen) atoms. The van der Waals surface area contributed by atoms with Crippen LogP contribution in [0.3, 0.4) is 0 Å². The first-order valence-electron chi connectivity index (χ1n) is 7.16. The van der Waals surface area contributed by atoms with E-state index >= 15 is 0 Å². The minimum Gasteiger partial charge on any atom is -0.463 e. The van der Waals surface area contributed by atoms with Gasteiger partial charge in [0.25, 0.3) is 0 Å². The molecule has 0 fully saturated rings. The van der Waals surface area contributed by atoms with Gasteiger partial charge < -0.3 is 15.4 Å². The Bertz CT molecular complexity index is 547. The van der Waals surface area contributed by atoms with Gasteiger partial charge in [-0.2, -0.15) is 15.0 Å². The van der Waals surface area contributed by atoms with Crippen LogP contribution in [-0.4, -0.2) is 35.2 Å². The van der Waals surface area contributed by atoms with Crippen molar-refractivity contribution >= 4 is 11.9 Å². The Balaban J connectivity index is 1.95. The summed E-state index contributed by atoms with van der Waals surface area (Å²) < 4.78 is 5.46. The van der Waals surface area contributed by atoms with Crippen LogP contribution in [0.2, 0.25) is 0 Å². The van der Waals surface area contributed by atoms with Gasteiger partial charge in [0, 0.05) is 13.6 Å². The third-order valence-electron chi connectivity index (χ3n) is 2.81. The maximum atomic E-state index is 5.46. The molecule has 0 spiro atoms. The lowest BCUT2D eigenvalue weighted by atomic mass is 10.1. The van der Waals surface area contributed by atoms with Crippen molar-refractivity contribution in [2.24, 2.45) is 0 Å². The van der Waals surface area contributed by atoms with Crippen LogP contribution in [0.4, 0.5) is 11.9 Å². The molecule has 1 heterocycles. The maximum absolute atomic E-state index is 5.46. The number of rotatable bonds is 8. The molecule has 1 aromatic heterocycles. The first kappa shape index (κ1) is 15.0. The van der Waals surface area contributed by atoms with E-state index in [1.807, 2.05) is 25.1 Å². The van der Waals surface area contributed by atoms with Crippen molar-refractivity contribution < 1.29 is 4.74 Å². The van der Waals surface area contributed by atoms with Crippen LogP contribution in [0.15, 0.2) is 30.3 Å². The van der Waals surface area contributed by atoms with E-state index in [1.165, 1.54) is 5.56 Å². The Morgan fingerprint density at radius 3 is 2.52 bits per heavy atom. The van der Waals surface area contributed by atoms with Crippen molar-refractivity contribution in [1.29, 1.82) is 0 Å². The molecule has 0 atom stereocenters. The van der Waals surface area contributed by atoms with E-state index in [4.69, 9.17) is 4.74 Å². The number of hydrogen-bond acceptors (Lipinski definition) is 6. The number of nitrogens with zero attached hydrogens (tertiary/aromatic N) is 3. The van der Waals surface area contributed by atoms with Crippen LogP contribution in [0, 0.1) is 0 Å². The normalized spacial score (nSPS) is 10.2.